The van der Waals surface area contributed by atoms with E-state index < -0.39 is 10.0 Å². The van der Waals surface area contributed by atoms with Gasteiger partial charge in [-0.3, -0.25) is 4.72 Å². The van der Waals surface area contributed by atoms with Crippen LogP contribution in [0.3, 0.4) is 0 Å². The zero-order chi connectivity index (χ0) is 20.6. The summed E-state index contributed by atoms with van der Waals surface area (Å²) < 4.78 is 30.2. The highest BCUT2D eigenvalue weighted by Crippen LogP contribution is 2.29. The molecule has 0 atom stereocenters. The third-order valence-electron chi connectivity index (χ3n) is 4.83. The lowest BCUT2D eigenvalue weighted by atomic mass is 10.1. The van der Waals surface area contributed by atoms with Gasteiger partial charge in [0.1, 0.15) is 0 Å². The summed E-state index contributed by atoms with van der Waals surface area (Å²) in [7, 11) is -3.80. The smallest absolute Gasteiger partial charge is 0.261 e. The summed E-state index contributed by atoms with van der Waals surface area (Å²) in [6.45, 7) is 4.78. The first-order valence-corrected chi connectivity index (χ1v) is 11.3. The summed E-state index contributed by atoms with van der Waals surface area (Å²) in [6, 6.07) is 13.9. The minimum Gasteiger partial charge on any atom is -0.261 e. The van der Waals surface area contributed by atoms with Crippen LogP contribution in [0.2, 0.25) is 5.02 Å². The fourth-order valence-electron chi connectivity index (χ4n) is 3.27. The van der Waals surface area contributed by atoms with Crippen molar-refractivity contribution in [1.29, 1.82) is 0 Å². The largest absolute Gasteiger partial charge is 0.263 e. The molecule has 0 aliphatic rings. The van der Waals surface area contributed by atoms with E-state index >= 15 is 0 Å². The molecule has 2 heterocycles. The van der Waals surface area contributed by atoms with E-state index in [0.29, 0.717) is 22.6 Å². The minimum atomic E-state index is -3.80. The molecule has 4 rings (SSSR count). The van der Waals surface area contributed by atoms with Crippen molar-refractivity contribution in [3.63, 3.8) is 0 Å². The number of hydrogen-bond donors (Lipinski definition) is 1. The number of pyridine rings is 1. The number of nitrogens with one attached hydrogen (secondary N) is 1. The topological polar surface area (TPSA) is 76.9 Å². The Kier molecular flexibility index (Phi) is 5.19. The highest BCUT2D eigenvalue weighted by molar-refractivity contribution is 7.92. The number of para-hydroxylation sites is 1. The lowest BCUT2D eigenvalue weighted by Crippen LogP contribution is -2.13. The normalized spacial score (nSPS) is 12.0. The van der Waals surface area contributed by atoms with Crippen LogP contribution in [0.5, 0.6) is 0 Å². The standard InChI is InChI=1S/C21H21ClN4O2S/c1-3-4-12-26-21-18(13-15-7-5-6-14(2)19(15)23-21)20(24-26)25-29(27,28)17-10-8-16(22)9-11-17/h5-11,13H,3-4,12H2,1-2H3,(H,24,25). The average molecular weight is 429 g/mol. The van der Waals surface area contributed by atoms with E-state index in [9.17, 15) is 8.42 Å². The maximum absolute atomic E-state index is 12.9. The van der Waals surface area contributed by atoms with E-state index in [1.54, 1.807) is 16.8 Å². The van der Waals surface area contributed by atoms with E-state index in [1.807, 2.05) is 31.2 Å². The zero-order valence-corrected chi connectivity index (χ0v) is 17.8. The fourth-order valence-corrected chi connectivity index (χ4v) is 4.41. The van der Waals surface area contributed by atoms with E-state index in [4.69, 9.17) is 16.6 Å². The van der Waals surface area contributed by atoms with Crippen LogP contribution in [0.15, 0.2) is 53.4 Å². The molecule has 0 radical (unpaired) electrons. The molecule has 0 aliphatic heterocycles. The zero-order valence-electron chi connectivity index (χ0n) is 16.2. The van der Waals surface area contributed by atoms with Crippen molar-refractivity contribution in [1.82, 2.24) is 14.8 Å². The minimum absolute atomic E-state index is 0.128. The number of rotatable bonds is 6. The van der Waals surface area contributed by atoms with Crippen molar-refractivity contribution in [2.75, 3.05) is 4.72 Å². The molecule has 0 saturated carbocycles. The van der Waals surface area contributed by atoms with Crippen molar-refractivity contribution < 1.29 is 8.42 Å². The molecule has 8 heteroatoms. The van der Waals surface area contributed by atoms with Crippen LogP contribution >= 0.6 is 11.6 Å². The molecule has 2 aromatic carbocycles. The Hall–Kier alpha value is -2.64. The van der Waals surface area contributed by atoms with E-state index in [1.165, 1.54) is 12.1 Å². The third-order valence-corrected chi connectivity index (χ3v) is 6.43. The molecule has 150 valence electrons. The number of aromatic nitrogens is 3. The summed E-state index contributed by atoms with van der Waals surface area (Å²) in [5.74, 6) is 0.280. The number of benzene rings is 2. The Morgan fingerprint density at radius 3 is 2.62 bits per heavy atom. The van der Waals surface area contributed by atoms with Gasteiger partial charge in [-0.05, 0) is 49.2 Å². The number of sulfonamides is 1. The first-order valence-electron chi connectivity index (χ1n) is 9.44. The molecule has 0 aliphatic carbocycles. The van der Waals surface area contributed by atoms with Crippen molar-refractivity contribution >= 4 is 49.4 Å². The Morgan fingerprint density at radius 1 is 1.14 bits per heavy atom. The van der Waals surface area contributed by atoms with Crippen molar-refractivity contribution in [2.24, 2.45) is 0 Å². The number of anilines is 1. The molecule has 2 aromatic heterocycles. The molecule has 0 amide bonds. The van der Waals surface area contributed by atoms with Crippen molar-refractivity contribution in [3.05, 3.63) is 59.1 Å². The van der Waals surface area contributed by atoms with Crippen LogP contribution in [0.4, 0.5) is 5.82 Å². The maximum Gasteiger partial charge on any atom is 0.263 e. The molecule has 0 bridgehead atoms. The average Bonchev–Trinajstić information content (AvgIpc) is 3.02. The van der Waals surface area contributed by atoms with E-state index in [-0.39, 0.29) is 10.7 Å². The van der Waals surface area contributed by atoms with Crippen LogP contribution in [0.1, 0.15) is 25.3 Å². The number of hydrogen-bond acceptors (Lipinski definition) is 4. The molecule has 1 N–H and O–H groups in total. The van der Waals surface area contributed by atoms with Gasteiger partial charge in [0.15, 0.2) is 11.5 Å². The predicted octanol–water partition coefficient (Wildman–Crippen LogP) is 5.15. The fraction of sp³-hybridized carbons (Fsp3) is 0.238. The predicted molar refractivity (Wildman–Crippen MR) is 117 cm³/mol. The second-order valence-electron chi connectivity index (χ2n) is 6.99. The van der Waals surface area contributed by atoms with Gasteiger partial charge in [-0.15, -0.1) is 0 Å². The van der Waals surface area contributed by atoms with Gasteiger partial charge < -0.3 is 0 Å². The van der Waals surface area contributed by atoms with Gasteiger partial charge in [0.25, 0.3) is 10.0 Å². The highest BCUT2D eigenvalue weighted by atomic mass is 35.5. The number of nitrogens with zero attached hydrogens (tertiary/aromatic N) is 3. The second kappa shape index (κ2) is 7.65. The molecule has 4 aromatic rings. The first kappa shape index (κ1) is 19.7. The molecule has 6 nitrogen and oxygen atoms in total. The maximum atomic E-state index is 12.9. The Labute approximate surface area is 174 Å². The first-order chi connectivity index (χ1) is 13.9. The van der Waals surface area contributed by atoms with Gasteiger partial charge in [-0.2, -0.15) is 5.10 Å². The number of fused-ring (bicyclic) bond motifs is 2. The van der Waals surface area contributed by atoms with Crippen LogP contribution < -0.4 is 4.72 Å². The van der Waals surface area contributed by atoms with Gasteiger partial charge in [0.2, 0.25) is 0 Å². The van der Waals surface area contributed by atoms with E-state index in [2.05, 4.69) is 16.7 Å². The summed E-state index contributed by atoms with van der Waals surface area (Å²) in [4.78, 5) is 4.94. The molecule has 0 fully saturated rings. The number of unbranched alkanes of at least 4 members (excludes halogenated alkanes) is 1. The number of halogens is 1. The van der Waals surface area contributed by atoms with Gasteiger partial charge in [0.05, 0.1) is 15.8 Å². The van der Waals surface area contributed by atoms with Gasteiger partial charge in [-0.1, -0.05) is 43.1 Å². The SMILES string of the molecule is CCCCn1nc(NS(=O)(=O)c2ccc(Cl)cc2)c2cc3cccc(C)c3nc21. The Morgan fingerprint density at radius 2 is 1.90 bits per heavy atom. The van der Waals surface area contributed by atoms with Crippen LogP contribution in [-0.2, 0) is 16.6 Å². The lowest BCUT2D eigenvalue weighted by Gasteiger charge is -2.06. The Balaban J connectivity index is 1.86. The quantitative estimate of drug-likeness (QED) is 0.460. The van der Waals surface area contributed by atoms with Gasteiger partial charge >= 0.3 is 0 Å². The highest BCUT2D eigenvalue weighted by Gasteiger charge is 2.20. The summed E-state index contributed by atoms with van der Waals surface area (Å²) in [5, 5.41) is 6.64. The van der Waals surface area contributed by atoms with Crippen molar-refractivity contribution in [3.8, 4) is 0 Å². The lowest BCUT2D eigenvalue weighted by molar-refractivity contribution is 0.584. The monoisotopic (exact) mass is 428 g/mol. The summed E-state index contributed by atoms with van der Waals surface area (Å²) in [6.07, 6.45) is 1.92. The third kappa shape index (κ3) is 3.80. The molecular weight excluding hydrogens is 408 g/mol. The number of aryl methyl sites for hydroxylation is 2. The summed E-state index contributed by atoms with van der Waals surface area (Å²) in [5.41, 5.74) is 2.63. The summed E-state index contributed by atoms with van der Waals surface area (Å²) >= 11 is 5.88. The van der Waals surface area contributed by atoms with Crippen LogP contribution in [-0.4, -0.2) is 23.2 Å². The molecule has 0 saturated heterocycles. The van der Waals surface area contributed by atoms with Gasteiger partial charge in [0, 0.05) is 17.0 Å². The molecule has 0 spiro atoms. The van der Waals surface area contributed by atoms with E-state index in [0.717, 1.165) is 29.3 Å². The Bertz CT molecular complexity index is 1300. The van der Waals surface area contributed by atoms with Crippen LogP contribution in [0.25, 0.3) is 21.9 Å². The molecule has 0 unspecified atom stereocenters. The second-order valence-corrected chi connectivity index (χ2v) is 9.11. The van der Waals surface area contributed by atoms with Gasteiger partial charge in [-0.25, -0.2) is 18.1 Å². The molecular formula is C21H21ClN4O2S. The molecule has 29 heavy (non-hydrogen) atoms. The van der Waals surface area contributed by atoms with Crippen LogP contribution in [0, 0.1) is 6.92 Å². The van der Waals surface area contributed by atoms with Crippen molar-refractivity contribution in [2.45, 2.75) is 38.1 Å².